The van der Waals surface area contributed by atoms with Gasteiger partial charge in [0.1, 0.15) is 0 Å². The van der Waals surface area contributed by atoms with E-state index >= 15 is 0 Å². The van der Waals surface area contributed by atoms with Gasteiger partial charge in [0, 0.05) is 24.9 Å². The molecule has 0 atom stereocenters. The Morgan fingerprint density at radius 2 is 2.10 bits per heavy atom. The minimum atomic E-state index is -1.17. The van der Waals surface area contributed by atoms with Crippen LogP contribution in [0, 0.1) is 0 Å². The van der Waals surface area contributed by atoms with Crippen LogP contribution in [0.5, 0.6) is 0 Å². The zero-order valence-corrected chi connectivity index (χ0v) is 11.2. The average molecular weight is 279 g/mol. The number of amides is 1. The van der Waals surface area contributed by atoms with Crippen LogP contribution in [0.25, 0.3) is 0 Å². The Balaban J connectivity index is 2.50. The highest BCUT2D eigenvalue weighted by molar-refractivity contribution is 6.02. The van der Waals surface area contributed by atoms with E-state index in [0.717, 1.165) is 17.7 Å². The lowest BCUT2D eigenvalue weighted by atomic mass is 10.2. The highest BCUT2D eigenvalue weighted by Gasteiger charge is 2.00. The second kappa shape index (κ2) is 8.84. The van der Waals surface area contributed by atoms with Crippen LogP contribution in [0.4, 0.5) is 5.69 Å². The predicted octanol–water partition coefficient (Wildman–Crippen LogP) is 1.43. The third-order valence-electron chi connectivity index (χ3n) is 2.27. The van der Waals surface area contributed by atoms with Gasteiger partial charge >= 0.3 is 5.97 Å². The number of aliphatic carboxylic acids is 1. The van der Waals surface area contributed by atoms with Crippen LogP contribution in [0.2, 0.25) is 0 Å². The van der Waals surface area contributed by atoms with Gasteiger partial charge in [-0.3, -0.25) is 4.79 Å². The van der Waals surface area contributed by atoms with Gasteiger partial charge in [-0.05, 0) is 17.7 Å². The summed E-state index contributed by atoms with van der Waals surface area (Å²) in [6.07, 6.45) is 1.75. The molecule has 0 aliphatic heterocycles. The number of carbonyl (C=O) groups excluding carboxylic acids is 1. The minimum absolute atomic E-state index is 0.415. The van der Waals surface area contributed by atoms with Gasteiger partial charge < -0.3 is 19.9 Å². The molecule has 1 rings (SSSR count). The summed E-state index contributed by atoms with van der Waals surface area (Å²) >= 11 is 0. The van der Waals surface area contributed by atoms with Gasteiger partial charge in [0.2, 0.25) is 5.91 Å². The van der Waals surface area contributed by atoms with Crippen LogP contribution >= 0.6 is 0 Å². The van der Waals surface area contributed by atoms with E-state index in [1.165, 1.54) is 0 Å². The molecule has 2 N–H and O–H groups in total. The highest BCUT2D eigenvalue weighted by atomic mass is 16.5. The molecule has 0 aromatic heterocycles. The fraction of sp³-hybridized carbons (Fsp3) is 0.286. The quantitative estimate of drug-likeness (QED) is 0.555. The van der Waals surface area contributed by atoms with Crippen molar-refractivity contribution in [2.75, 3.05) is 25.6 Å². The fourth-order valence-corrected chi connectivity index (χ4v) is 1.40. The number of carbonyl (C=O) groups is 2. The maximum Gasteiger partial charge on any atom is 0.328 e. The second-order valence-electron chi connectivity index (χ2n) is 3.91. The number of benzene rings is 1. The van der Waals surface area contributed by atoms with Crippen molar-refractivity contribution in [2.24, 2.45) is 0 Å². The van der Waals surface area contributed by atoms with Gasteiger partial charge in [-0.15, -0.1) is 0 Å². The van der Waals surface area contributed by atoms with Crippen LogP contribution in [-0.4, -0.2) is 37.3 Å². The fourth-order valence-electron chi connectivity index (χ4n) is 1.40. The number of nitrogens with one attached hydrogen (secondary N) is 1. The van der Waals surface area contributed by atoms with Crippen molar-refractivity contribution in [2.45, 2.75) is 6.61 Å². The number of carboxylic acids is 1. The Kier molecular flexibility index (Phi) is 7.02. The van der Waals surface area contributed by atoms with Crippen molar-refractivity contribution in [3.05, 3.63) is 42.0 Å². The lowest BCUT2D eigenvalue weighted by molar-refractivity contribution is -0.131. The lowest BCUT2D eigenvalue weighted by Crippen LogP contribution is -2.09. The van der Waals surface area contributed by atoms with Gasteiger partial charge in [-0.1, -0.05) is 12.1 Å². The van der Waals surface area contributed by atoms with Crippen LogP contribution in [0.1, 0.15) is 5.56 Å². The molecule has 6 heteroatoms. The molecule has 0 heterocycles. The number of anilines is 1. The smallest absolute Gasteiger partial charge is 0.328 e. The first-order valence-corrected chi connectivity index (χ1v) is 5.99. The first-order valence-electron chi connectivity index (χ1n) is 5.99. The molecule has 20 heavy (non-hydrogen) atoms. The largest absolute Gasteiger partial charge is 0.478 e. The molecular weight excluding hydrogens is 262 g/mol. The van der Waals surface area contributed by atoms with Gasteiger partial charge in [-0.25, -0.2) is 4.79 Å². The van der Waals surface area contributed by atoms with Crippen molar-refractivity contribution in [3.63, 3.8) is 0 Å². The molecule has 1 amide bonds. The van der Waals surface area contributed by atoms with Crippen LogP contribution in [0.15, 0.2) is 36.4 Å². The molecule has 0 unspecified atom stereocenters. The van der Waals surface area contributed by atoms with Crippen molar-refractivity contribution in [1.82, 2.24) is 0 Å². The second-order valence-corrected chi connectivity index (χ2v) is 3.91. The molecule has 108 valence electrons. The van der Waals surface area contributed by atoms with Crippen molar-refractivity contribution in [3.8, 4) is 0 Å². The zero-order valence-electron chi connectivity index (χ0n) is 11.2. The van der Waals surface area contributed by atoms with Crippen molar-refractivity contribution < 1.29 is 24.2 Å². The van der Waals surface area contributed by atoms with E-state index in [0.29, 0.717) is 25.5 Å². The number of rotatable bonds is 8. The third kappa shape index (κ3) is 6.67. The van der Waals surface area contributed by atoms with Gasteiger partial charge in [0.15, 0.2) is 0 Å². The van der Waals surface area contributed by atoms with Gasteiger partial charge in [0.25, 0.3) is 0 Å². The number of carboxylic acid groups (broad SMARTS) is 1. The van der Waals surface area contributed by atoms with Crippen molar-refractivity contribution in [1.29, 1.82) is 0 Å². The molecule has 0 fully saturated rings. The Bertz CT molecular complexity index is 484. The molecule has 1 aromatic carbocycles. The van der Waals surface area contributed by atoms with E-state index in [1.807, 2.05) is 6.07 Å². The lowest BCUT2D eigenvalue weighted by Gasteiger charge is -2.06. The molecule has 6 nitrogen and oxygen atoms in total. The van der Waals surface area contributed by atoms with E-state index in [4.69, 9.17) is 14.6 Å². The normalized spacial score (nSPS) is 10.7. The third-order valence-corrected chi connectivity index (χ3v) is 2.27. The number of hydrogen-bond donors (Lipinski definition) is 2. The molecule has 0 aliphatic rings. The Hall–Kier alpha value is -2.18. The summed E-state index contributed by atoms with van der Waals surface area (Å²) < 4.78 is 10.2. The van der Waals surface area contributed by atoms with Gasteiger partial charge in [-0.2, -0.15) is 0 Å². The number of methoxy groups -OCH3 is 1. The zero-order chi connectivity index (χ0) is 14.8. The maximum absolute atomic E-state index is 11.4. The first-order chi connectivity index (χ1) is 9.61. The summed E-state index contributed by atoms with van der Waals surface area (Å²) in [5, 5.41) is 11.0. The summed E-state index contributed by atoms with van der Waals surface area (Å²) in [6, 6.07) is 7.13. The molecule has 0 saturated heterocycles. The minimum Gasteiger partial charge on any atom is -0.478 e. The number of hydrogen-bond acceptors (Lipinski definition) is 4. The summed E-state index contributed by atoms with van der Waals surface area (Å²) in [5.41, 5.74) is 1.49. The monoisotopic (exact) mass is 279 g/mol. The maximum atomic E-state index is 11.4. The molecule has 0 saturated carbocycles. The topological polar surface area (TPSA) is 84.9 Å². The summed E-state index contributed by atoms with van der Waals surface area (Å²) in [5.74, 6) is -1.66. The first kappa shape index (κ1) is 15.9. The summed E-state index contributed by atoms with van der Waals surface area (Å²) in [6.45, 7) is 1.43. The van der Waals surface area contributed by atoms with E-state index in [1.54, 1.807) is 25.3 Å². The van der Waals surface area contributed by atoms with Crippen LogP contribution < -0.4 is 5.32 Å². The van der Waals surface area contributed by atoms with Gasteiger partial charge in [0.05, 0.1) is 19.8 Å². The van der Waals surface area contributed by atoms with E-state index in [2.05, 4.69) is 5.32 Å². The predicted molar refractivity (Wildman–Crippen MR) is 73.4 cm³/mol. The Morgan fingerprint density at radius 1 is 1.30 bits per heavy atom. The summed E-state index contributed by atoms with van der Waals surface area (Å²) in [4.78, 5) is 21.7. The number of ether oxygens (including phenoxy) is 2. The molecule has 0 bridgehead atoms. The Labute approximate surface area is 117 Å². The molecule has 0 radical (unpaired) electrons. The highest BCUT2D eigenvalue weighted by Crippen LogP contribution is 2.11. The SMILES string of the molecule is COCCOCc1cccc(NC(=O)/C=C/C(=O)O)c1. The average Bonchev–Trinajstić information content (AvgIpc) is 2.42. The standard InChI is InChI=1S/C14H17NO5/c1-19-7-8-20-10-11-3-2-4-12(9-11)15-13(16)5-6-14(17)18/h2-6,9H,7-8,10H2,1H3,(H,15,16)(H,17,18)/b6-5+. The molecule has 0 aliphatic carbocycles. The van der Waals surface area contributed by atoms with Crippen LogP contribution in [0.3, 0.4) is 0 Å². The molecular formula is C14H17NO5. The summed E-state index contributed by atoms with van der Waals surface area (Å²) in [7, 11) is 1.60. The van der Waals surface area contributed by atoms with E-state index in [9.17, 15) is 9.59 Å². The van der Waals surface area contributed by atoms with Crippen molar-refractivity contribution >= 4 is 17.6 Å². The molecule has 0 spiro atoms. The Morgan fingerprint density at radius 3 is 2.80 bits per heavy atom. The van der Waals surface area contributed by atoms with E-state index in [-0.39, 0.29) is 0 Å². The molecule has 1 aromatic rings. The van der Waals surface area contributed by atoms with Crippen LogP contribution in [-0.2, 0) is 25.7 Å². The van der Waals surface area contributed by atoms with E-state index < -0.39 is 11.9 Å².